The van der Waals surface area contributed by atoms with E-state index in [1.165, 1.54) is 13.8 Å². The molecule has 0 saturated heterocycles. The van der Waals surface area contributed by atoms with E-state index in [-0.39, 0.29) is 24.8 Å². The van der Waals surface area contributed by atoms with Crippen molar-refractivity contribution in [2.24, 2.45) is 0 Å². The predicted molar refractivity (Wildman–Crippen MR) is 105 cm³/mol. The topological polar surface area (TPSA) is 105 Å². The first-order valence-corrected chi connectivity index (χ1v) is 10.6. The molecule has 0 aromatic carbocycles. The van der Waals surface area contributed by atoms with E-state index in [2.05, 4.69) is 0 Å². The zero-order chi connectivity index (χ0) is 22.1. The van der Waals surface area contributed by atoms with Gasteiger partial charge in [-0.15, -0.1) is 0 Å². The molecule has 0 N–H and O–H groups in total. The number of hydrogen-bond acceptors (Lipinski definition) is 8. The average molecular weight is 417 g/mol. The molecule has 0 radical (unpaired) electrons. The van der Waals surface area contributed by atoms with E-state index in [0.717, 1.165) is 19.3 Å². The molecule has 0 aliphatic heterocycles. The minimum atomic E-state index is -0.865. The summed E-state index contributed by atoms with van der Waals surface area (Å²) in [6.07, 6.45) is 4.65. The third-order valence-corrected chi connectivity index (χ3v) is 3.86. The van der Waals surface area contributed by atoms with Crippen molar-refractivity contribution in [1.29, 1.82) is 0 Å². The van der Waals surface area contributed by atoms with Gasteiger partial charge in [-0.1, -0.05) is 33.1 Å². The number of esters is 4. The molecule has 2 atom stereocenters. The summed E-state index contributed by atoms with van der Waals surface area (Å²) in [6.45, 7) is 6.78. The SMILES string of the molecule is CCCC(=O)OC(C)OC(=O)CCCCCCCC(=O)OC(C)OC(=O)CCC. The van der Waals surface area contributed by atoms with E-state index < -0.39 is 24.5 Å². The molecule has 0 fully saturated rings. The Hall–Kier alpha value is -2.12. The van der Waals surface area contributed by atoms with Crippen LogP contribution in [0.3, 0.4) is 0 Å². The third-order valence-electron chi connectivity index (χ3n) is 3.86. The Bertz CT molecular complexity index is 459. The van der Waals surface area contributed by atoms with Crippen molar-refractivity contribution in [3.8, 4) is 0 Å². The third kappa shape index (κ3) is 16.5. The highest BCUT2D eigenvalue weighted by atomic mass is 16.7. The zero-order valence-corrected chi connectivity index (χ0v) is 18.2. The Morgan fingerprint density at radius 1 is 0.517 bits per heavy atom. The van der Waals surface area contributed by atoms with Crippen molar-refractivity contribution in [3.05, 3.63) is 0 Å². The summed E-state index contributed by atoms with van der Waals surface area (Å²) in [5.41, 5.74) is 0. The Morgan fingerprint density at radius 3 is 1.10 bits per heavy atom. The van der Waals surface area contributed by atoms with Crippen LogP contribution in [0.15, 0.2) is 0 Å². The fraction of sp³-hybridized carbons (Fsp3) is 0.810. The number of carbonyl (C=O) groups excluding carboxylic acids is 4. The molecule has 0 aromatic rings. The van der Waals surface area contributed by atoms with Gasteiger partial charge >= 0.3 is 23.9 Å². The summed E-state index contributed by atoms with van der Waals surface area (Å²) in [5.74, 6) is -1.53. The maximum atomic E-state index is 11.7. The first-order valence-electron chi connectivity index (χ1n) is 10.6. The number of rotatable bonds is 16. The highest BCUT2D eigenvalue weighted by molar-refractivity contribution is 5.72. The monoisotopic (exact) mass is 416 g/mol. The van der Waals surface area contributed by atoms with E-state index in [0.29, 0.717) is 38.5 Å². The molecule has 0 amide bonds. The van der Waals surface area contributed by atoms with Gasteiger partial charge in [0, 0.05) is 39.5 Å². The minimum absolute atomic E-state index is 0.262. The van der Waals surface area contributed by atoms with Crippen LogP contribution in [0, 0.1) is 0 Å². The zero-order valence-electron chi connectivity index (χ0n) is 18.2. The highest BCUT2D eigenvalue weighted by Gasteiger charge is 2.14. The summed E-state index contributed by atoms with van der Waals surface area (Å²) in [5, 5.41) is 0. The minimum Gasteiger partial charge on any atom is -0.425 e. The first kappa shape index (κ1) is 26.9. The van der Waals surface area contributed by atoms with Crippen LogP contribution >= 0.6 is 0 Å². The maximum absolute atomic E-state index is 11.7. The molecule has 0 spiro atoms. The largest absolute Gasteiger partial charge is 0.425 e. The van der Waals surface area contributed by atoms with E-state index in [1.54, 1.807) is 0 Å². The number of unbranched alkanes of at least 4 members (excludes halogenated alkanes) is 4. The predicted octanol–water partition coefficient (Wildman–Crippen LogP) is 4.18. The van der Waals surface area contributed by atoms with Gasteiger partial charge in [0.15, 0.2) is 0 Å². The quantitative estimate of drug-likeness (QED) is 0.210. The van der Waals surface area contributed by atoms with Gasteiger partial charge in [-0.05, 0) is 25.7 Å². The molecule has 0 aromatic heterocycles. The Morgan fingerprint density at radius 2 is 0.793 bits per heavy atom. The van der Waals surface area contributed by atoms with Gasteiger partial charge in [0.05, 0.1) is 0 Å². The van der Waals surface area contributed by atoms with E-state index >= 15 is 0 Å². The van der Waals surface area contributed by atoms with Gasteiger partial charge in [0.1, 0.15) is 0 Å². The van der Waals surface area contributed by atoms with Crippen LogP contribution in [-0.4, -0.2) is 36.5 Å². The summed E-state index contributed by atoms with van der Waals surface area (Å²) >= 11 is 0. The van der Waals surface area contributed by atoms with Crippen molar-refractivity contribution in [2.75, 3.05) is 0 Å². The maximum Gasteiger partial charge on any atom is 0.308 e. The van der Waals surface area contributed by atoms with Crippen LogP contribution in [0.5, 0.6) is 0 Å². The number of hydrogen-bond donors (Lipinski definition) is 0. The smallest absolute Gasteiger partial charge is 0.308 e. The van der Waals surface area contributed by atoms with Crippen LogP contribution in [0.4, 0.5) is 0 Å². The lowest BCUT2D eigenvalue weighted by Crippen LogP contribution is -2.21. The molecular formula is C21H36O8. The highest BCUT2D eigenvalue weighted by Crippen LogP contribution is 2.10. The lowest BCUT2D eigenvalue weighted by Gasteiger charge is -2.14. The Kier molecular flexibility index (Phi) is 15.6. The van der Waals surface area contributed by atoms with Gasteiger partial charge in [-0.25, -0.2) is 0 Å². The summed E-state index contributed by atoms with van der Waals surface area (Å²) in [7, 11) is 0. The molecular weight excluding hydrogens is 380 g/mol. The van der Waals surface area contributed by atoms with Crippen LogP contribution in [0.25, 0.3) is 0 Å². The van der Waals surface area contributed by atoms with Gasteiger partial charge in [-0.3, -0.25) is 19.2 Å². The van der Waals surface area contributed by atoms with Crippen LogP contribution in [0.2, 0.25) is 0 Å². The van der Waals surface area contributed by atoms with E-state index in [9.17, 15) is 19.2 Å². The number of ether oxygens (including phenoxy) is 4. The Balaban J connectivity index is 3.67. The molecule has 0 bridgehead atoms. The lowest BCUT2D eigenvalue weighted by molar-refractivity contribution is -0.186. The molecule has 29 heavy (non-hydrogen) atoms. The van der Waals surface area contributed by atoms with Crippen molar-refractivity contribution >= 4 is 23.9 Å². The second-order valence-electron chi connectivity index (χ2n) is 6.86. The van der Waals surface area contributed by atoms with Crippen LogP contribution in [0.1, 0.15) is 98.3 Å². The molecule has 2 unspecified atom stereocenters. The molecule has 168 valence electrons. The second kappa shape index (κ2) is 16.8. The van der Waals surface area contributed by atoms with Crippen molar-refractivity contribution < 1.29 is 38.1 Å². The normalized spacial score (nSPS) is 12.6. The molecule has 0 aliphatic rings. The van der Waals surface area contributed by atoms with Crippen LogP contribution < -0.4 is 0 Å². The van der Waals surface area contributed by atoms with Crippen molar-refractivity contribution in [1.82, 2.24) is 0 Å². The number of carbonyl (C=O) groups is 4. The molecule has 0 saturated carbocycles. The van der Waals surface area contributed by atoms with Crippen LogP contribution in [-0.2, 0) is 38.1 Å². The molecule has 0 aliphatic carbocycles. The fourth-order valence-corrected chi connectivity index (χ4v) is 2.50. The fourth-order valence-electron chi connectivity index (χ4n) is 2.50. The van der Waals surface area contributed by atoms with Crippen molar-refractivity contribution in [2.45, 2.75) is 111 Å². The second-order valence-corrected chi connectivity index (χ2v) is 6.86. The average Bonchev–Trinajstić information content (AvgIpc) is 2.60. The lowest BCUT2D eigenvalue weighted by atomic mass is 10.1. The van der Waals surface area contributed by atoms with Gasteiger partial charge in [0.25, 0.3) is 0 Å². The van der Waals surface area contributed by atoms with E-state index in [1.807, 2.05) is 13.8 Å². The van der Waals surface area contributed by atoms with Gasteiger partial charge < -0.3 is 18.9 Å². The molecule has 8 heteroatoms. The summed E-state index contributed by atoms with van der Waals surface area (Å²) in [6, 6.07) is 0. The summed E-state index contributed by atoms with van der Waals surface area (Å²) in [4.78, 5) is 46.0. The first-order chi connectivity index (χ1) is 13.8. The van der Waals surface area contributed by atoms with Gasteiger partial charge in [-0.2, -0.15) is 0 Å². The van der Waals surface area contributed by atoms with Gasteiger partial charge in [0.2, 0.25) is 12.6 Å². The molecule has 0 heterocycles. The molecule has 0 rings (SSSR count). The standard InChI is InChI=1S/C21H36O8/c1-5-12-18(22)26-16(3)28-20(24)14-10-8-7-9-11-15-21(25)29-17(4)27-19(23)13-6-2/h16-17H,5-15H2,1-4H3. The van der Waals surface area contributed by atoms with Crippen molar-refractivity contribution in [3.63, 3.8) is 0 Å². The Labute approximate surface area is 173 Å². The molecule has 8 nitrogen and oxygen atoms in total. The summed E-state index contributed by atoms with van der Waals surface area (Å²) < 4.78 is 20.0. The van der Waals surface area contributed by atoms with E-state index in [4.69, 9.17) is 18.9 Å².